The third-order valence-corrected chi connectivity index (χ3v) is 5.09. The lowest BCUT2D eigenvalue weighted by atomic mass is 10.0. The zero-order chi connectivity index (χ0) is 19.9. The van der Waals surface area contributed by atoms with E-state index in [1.54, 1.807) is 4.90 Å². The summed E-state index contributed by atoms with van der Waals surface area (Å²) in [6.07, 6.45) is 2.33. The minimum atomic E-state index is -0.589. The smallest absolute Gasteiger partial charge is 0.247 e. The molecule has 1 heterocycles. The number of piperidine rings is 1. The molecule has 28 heavy (non-hydrogen) atoms. The number of likely N-dealkylation sites (tertiary alicyclic amines) is 1. The van der Waals surface area contributed by atoms with Gasteiger partial charge in [-0.2, -0.15) is 0 Å². The maximum Gasteiger partial charge on any atom is 0.247 e. The predicted molar refractivity (Wildman–Crippen MR) is 109 cm³/mol. The van der Waals surface area contributed by atoms with Crippen molar-refractivity contribution < 1.29 is 14.3 Å². The molecule has 1 aliphatic heterocycles. The number of benzene rings is 2. The van der Waals surface area contributed by atoms with Crippen molar-refractivity contribution in [3.63, 3.8) is 0 Å². The van der Waals surface area contributed by atoms with Crippen LogP contribution < -0.4 is 10.1 Å². The number of hydrogen-bond acceptors (Lipinski definition) is 3. The van der Waals surface area contributed by atoms with E-state index in [2.05, 4.69) is 5.32 Å². The van der Waals surface area contributed by atoms with E-state index < -0.39 is 6.04 Å². The number of nitrogens with zero attached hydrogens (tertiary/aromatic N) is 1. The average Bonchev–Trinajstić information content (AvgIpc) is 2.69. The molecule has 1 unspecified atom stereocenters. The second kappa shape index (κ2) is 9.40. The fraction of sp³-hybridized carbons (Fsp3) is 0.391. The number of hydrogen-bond donors (Lipinski definition) is 1. The van der Waals surface area contributed by atoms with Crippen molar-refractivity contribution >= 4 is 11.8 Å². The molecule has 0 spiro atoms. The molecule has 2 amide bonds. The van der Waals surface area contributed by atoms with Gasteiger partial charge in [-0.25, -0.2) is 0 Å². The largest absolute Gasteiger partial charge is 0.491 e. The highest BCUT2D eigenvalue weighted by atomic mass is 16.5. The van der Waals surface area contributed by atoms with Crippen LogP contribution in [0, 0.1) is 13.8 Å². The van der Waals surface area contributed by atoms with Crippen LogP contribution in [-0.2, 0) is 9.59 Å². The maximum atomic E-state index is 13.0. The van der Waals surface area contributed by atoms with E-state index in [9.17, 15) is 9.59 Å². The van der Waals surface area contributed by atoms with E-state index in [-0.39, 0.29) is 11.8 Å². The molecular formula is C23H28N2O3. The van der Waals surface area contributed by atoms with Gasteiger partial charge in [0.25, 0.3) is 0 Å². The summed E-state index contributed by atoms with van der Waals surface area (Å²) in [7, 11) is 0. The molecule has 1 saturated heterocycles. The Bertz CT molecular complexity index is 800. The lowest BCUT2D eigenvalue weighted by Crippen LogP contribution is -2.46. The van der Waals surface area contributed by atoms with E-state index in [0.717, 1.165) is 35.3 Å². The molecule has 0 saturated carbocycles. The van der Waals surface area contributed by atoms with E-state index in [1.807, 2.05) is 62.4 Å². The van der Waals surface area contributed by atoms with Crippen LogP contribution in [0.2, 0.25) is 0 Å². The molecule has 0 radical (unpaired) electrons. The van der Waals surface area contributed by atoms with Crippen LogP contribution in [0.25, 0.3) is 0 Å². The van der Waals surface area contributed by atoms with Crippen molar-refractivity contribution in [2.24, 2.45) is 0 Å². The molecule has 1 aliphatic rings. The Hall–Kier alpha value is -2.82. The fourth-order valence-electron chi connectivity index (χ4n) is 3.66. The topological polar surface area (TPSA) is 58.6 Å². The van der Waals surface area contributed by atoms with Crippen molar-refractivity contribution in [1.82, 2.24) is 10.2 Å². The molecule has 0 bridgehead atoms. The number of carbonyl (C=O) groups excluding carboxylic acids is 2. The number of nitrogens with one attached hydrogen (secondary N) is 1. The SMILES string of the molecule is Cc1cccc(C)c1OCCNC(=O)C(c1ccccc1)N1CCCCC1=O. The Morgan fingerprint density at radius 3 is 2.46 bits per heavy atom. The lowest BCUT2D eigenvalue weighted by molar-refractivity contribution is -0.142. The molecule has 148 valence electrons. The first-order valence-corrected chi connectivity index (χ1v) is 9.89. The number of carbonyl (C=O) groups is 2. The van der Waals surface area contributed by atoms with Crippen molar-refractivity contribution in [2.75, 3.05) is 19.7 Å². The number of amides is 2. The van der Waals surface area contributed by atoms with E-state index >= 15 is 0 Å². The minimum Gasteiger partial charge on any atom is -0.491 e. The molecular weight excluding hydrogens is 352 g/mol. The van der Waals surface area contributed by atoms with Gasteiger partial charge in [0, 0.05) is 13.0 Å². The first-order valence-electron chi connectivity index (χ1n) is 9.89. The van der Waals surface area contributed by atoms with E-state index in [1.165, 1.54) is 0 Å². The van der Waals surface area contributed by atoms with Gasteiger partial charge >= 0.3 is 0 Å². The Balaban J connectivity index is 1.64. The molecule has 5 heteroatoms. The van der Waals surface area contributed by atoms with Crippen molar-refractivity contribution in [1.29, 1.82) is 0 Å². The highest BCUT2D eigenvalue weighted by Crippen LogP contribution is 2.26. The number of para-hydroxylation sites is 1. The summed E-state index contributed by atoms with van der Waals surface area (Å²) < 4.78 is 5.87. The molecule has 1 fully saturated rings. The van der Waals surface area contributed by atoms with Gasteiger partial charge in [-0.15, -0.1) is 0 Å². The lowest BCUT2D eigenvalue weighted by Gasteiger charge is -2.34. The van der Waals surface area contributed by atoms with Crippen LogP contribution in [0.3, 0.4) is 0 Å². The standard InChI is InChI=1S/C23H28N2O3/c1-17-9-8-10-18(2)22(17)28-16-14-24-23(27)21(19-11-4-3-5-12-19)25-15-7-6-13-20(25)26/h3-5,8-12,21H,6-7,13-16H2,1-2H3,(H,24,27). The van der Waals surface area contributed by atoms with Crippen LogP contribution >= 0.6 is 0 Å². The molecule has 2 aromatic rings. The van der Waals surface area contributed by atoms with Crippen molar-refractivity contribution in [2.45, 2.75) is 39.2 Å². The van der Waals surface area contributed by atoms with Gasteiger partial charge in [-0.05, 0) is 43.4 Å². The second-order valence-corrected chi connectivity index (χ2v) is 7.22. The van der Waals surface area contributed by atoms with Crippen molar-refractivity contribution in [3.05, 3.63) is 65.2 Å². The van der Waals surface area contributed by atoms with Crippen molar-refractivity contribution in [3.8, 4) is 5.75 Å². The summed E-state index contributed by atoms with van der Waals surface area (Å²) in [5.74, 6) is 0.746. The molecule has 0 aromatic heterocycles. The minimum absolute atomic E-state index is 0.0436. The van der Waals surface area contributed by atoms with Gasteiger partial charge in [0.15, 0.2) is 0 Å². The Morgan fingerprint density at radius 1 is 1.07 bits per heavy atom. The van der Waals surface area contributed by atoms with Crippen LogP contribution in [0.1, 0.15) is 42.0 Å². The summed E-state index contributed by atoms with van der Waals surface area (Å²) in [5.41, 5.74) is 2.99. The summed E-state index contributed by atoms with van der Waals surface area (Å²) in [6.45, 7) is 5.40. The number of aryl methyl sites for hydroxylation is 2. The van der Waals surface area contributed by atoms with E-state index in [0.29, 0.717) is 26.1 Å². The average molecular weight is 380 g/mol. The highest BCUT2D eigenvalue weighted by molar-refractivity contribution is 5.89. The molecule has 3 rings (SSSR count). The Labute approximate surface area is 166 Å². The van der Waals surface area contributed by atoms with Crippen LogP contribution in [0.15, 0.2) is 48.5 Å². The number of ether oxygens (including phenoxy) is 1. The molecule has 5 nitrogen and oxygen atoms in total. The van der Waals surface area contributed by atoms with Gasteiger partial charge in [-0.1, -0.05) is 48.5 Å². The second-order valence-electron chi connectivity index (χ2n) is 7.22. The zero-order valence-corrected chi connectivity index (χ0v) is 16.6. The normalized spacial score (nSPS) is 15.2. The Morgan fingerprint density at radius 2 is 1.79 bits per heavy atom. The predicted octanol–water partition coefficient (Wildman–Crippen LogP) is 3.55. The van der Waals surface area contributed by atoms with Crippen LogP contribution in [-0.4, -0.2) is 36.4 Å². The maximum absolute atomic E-state index is 13.0. The highest BCUT2D eigenvalue weighted by Gasteiger charge is 2.32. The fourth-order valence-corrected chi connectivity index (χ4v) is 3.66. The van der Waals surface area contributed by atoms with Gasteiger partial charge in [-0.3, -0.25) is 9.59 Å². The third-order valence-electron chi connectivity index (χ3n) is 5.09. The number of rotatable bonds is 7. The van der Waals surface area contributed by atoms with Gasteiger partial charge < -0.3 is 15.0 Å². The summed E-state index contributed by atoms with van der Waals surface area (Å²) in [5, 5.41) is 2.95. The Kier molecular flexibility index (Phi) is 6.69. The van der Waals surface area contributed by atoms with Crippen LogP contribution in [0.4, 0.5) is 0 Å². The monoisotopic (exact) mass is 380 g/mol. The third kappa shape index (κ3) is 4.71. The summed E-state index contributed by atoms with van der Waals surface area (Å²) in [6, 6.07) is 14.9. The first-order chi connectivity index (χ1) is 13.6. The van der Waals surface area contributed by atoms with E-state index in [4.69, 9.17) is 4.74 Å². The molecule has 2 aromatic carbocycles. The molecule has 1 N–H and O–H groups in total. The van der Waals surface area contributed by atoms with Gasteiger partial charge in [0.1, 0.15) is 18.4 Å². The molecule has 1 atom stereocenters. The quantitative estimate of drug-likeness (QED) is 0.748. The van der Waals surface area contributed by atoms with Crippen LogP contribution in [0.5, 0.6) is 5.75 Å². The summed E-state index contributed by atoms with van der Waals surface area (Å²) >= 11 is 0. The first kappa shape index (κ1) is 19.9. The van der Waals surface area contributed by atoms with Gasteiger partial charge in [0.05, 0.1) is 6.54 Å². The van der Waals surface area contributed by atoms with Gasteiger partial charge in [0.2, 0.25) is 11.8 Å². The molecule has 0 aliphatic carbocycles. The zero-order valence-electron chi connectivity index (χ0n) is 16.6. The summed E-state index contributed by atoms with van der Waals surface area (Å²) in [4.78, 5) is 27.1.